The molecule has 0 aliphatic heterocycles. The van der Waals surface area contributed by atoms with Crippen LogP contribution in [0.3, 0.4) is 0 Å². The van der Waals surface area contributed by atoms with E-state index < -0.39 is 0 Å². The molecule has 1 N–H and O–H groups in total. The first-order valence-corrected chi connectivity index (χ1v) is 5.47. The summed E-state index contributed by atoms with van der Waals surface area (Å²) in [6.45, 7) is 5.03. The second-order valence-electron chi connectivity index (χ2n) is 4.04. The second-order valence-corrected chi connectivity index (χ2v) is 4.04. The Bertz CT molecular complexity index is 314. The van der Waals surface area contributed by atoms with E-state index >= 15 is 0 Å². The summed E-state index contributed by atoms with van der Waals surface area (Å²) >= 11 is 0. The molecular formula is C13H20N2. The van der Waals surface area contributed by atoms with E-state index in [1.807, 2.05) is 11.9 Å². The van der Waals surface area contributed by atoms with Gasteiger partial charge in [0.2, 0.25) is 0 Å². The number of rotatable bonds is 4. The van der Waals surface area contributed by atoms with Crippen LogP contribution in [0.15, 0.2) is 24.3 Å². The molecule has 0 fully saturated rings. The molecule has 0 amide bonds. The van der Waals surface area contributed by atoms with Crippen molar-refractivity contribution in [1.29, 1.82) is 5.41 Å². The Kier molecular flexibility index (Phi) is 4.35. The normalized spacial score (nSPS) is 10.1. The summed E-state index contributed by atoms with van der Waals surface area (Å²) < 4.78 is 0. The van der Waals surface area contributed by atoms with Crippen molar-refractivity contribution in [2.45, 2.75) is 33.2 Å². The molecule has 0 aromatic heterocycles. The monoisotopic (exact) mass is 204 g/mol. The third kappa shape index (κ3) is 3.74. The quantitative estimate of drug-likeness (QED) is 0.592. The highest BCUT2D eigenvalue weighted by atomic mass is 15.1. The predicted octanol–water partition coefficient (Wildman–Crippen LogP) is 3.20. The fourth-order valence-electron chi connectivity index (χ4n) is 1.49. The number of aryl methyl sites for hydroxylation is 1. The predicted molar refractivity (Wildman–Crippen MR) is 65.3 cm³/mol. The third-order valence-corrected chi connectivity index (χ3v) is 2.49. The van der Waals surface area contributed by atoms with Gasteiger partial charge in [0, 0.05) is 20.0 Å². The summed E-state index contributed by atoms with van der Waals surface area (Å²) in [6, 6.07) is 8.50. The maximum absolute atomic E-state index is 7.81. The molecule has 0 unspecified atom stereocenters. The number of hydrogen-bond acceptors (Lipinski definition) is 1. The van der Waals surface area contributed by atoms with Crippen LogP contribution in [0.4, 0.5) is 0 Å². The highest BCUT2D eigenvalue weighted by Gasteiger charge is 2.03. The molecule has 0 aliphatic carbocycles. The minimum atomic E-state index is 0.720. The number of hydrogen-bond donors (Lipinski definition) is 1. The van der Waals surface area contributed by atoms with Gasteiger partial charge in [0.25, 0.3) is 0 Å². The summed E-state index contributed by atoms with van der Waals surface area (Å²) in [5, 5.41) is 7.81. The summed E-state index contributed by atoms with van der Waals surface area (Å²) in [5.41, 5.74) is 2.55. The molecular weight excluding hydrogens is 184 g/mol. The standard InChI is InChI=1S/C13H20N2/c1-4-5-13(14)15(3)10-12-8-6-11(2)7-9-12/h6-9,14H,4-5,10H2,1-3H3. The van der Waals surface area contributed by atoms with Crippen molar-refractivity contribution in [3.8, 4) is 0 Å². The van der Waals surface area contributed by atoms with Gasteiger partial charge in [-0.2, -0.15) is 0 Å². The summed E-state index contributed by atoms with van der Waals surface area (Å²) in [5.74, 6) is 0.720. The SMILES string of the molecule is CCCC(=N)N(C)Cc1ccc(C)cc1. The maximum Gasteiger partial charge on any atom is 0.0957 e. The summed E-state index contributed by atoms with van der Waals surface area (Å²) in [4.78, 5) is 2.01. The first-order chi connectivity index (χ1) is 7.13. The lowest BCUT2D eigenvalue weighted by atomic mass is 10.1. The summed E-state index contributed by atoms with van der Waals surface area (Å²) in [7, 11) is 1.98. The first kappa shape index (κ1) is 11.8. The van der Waals surface area contributed by atoms with Crippen molar-refractivity contribution in [1.82, 2.24) is 4.90 Å². The van der Waals surface area contributed by atoms with Crippen molar-refractivity contribution >= 4 is 5.84 Å². The summed E-state index contributed by atoms with van der Waals surface area (Å²) in [6.07, 6.45) is 1.90. The topological polar surface area (TPSA) is 27.1 Å². The Balaban J connectivity index is 2.54. The van der Waals surface area contributed by atoms with Crippen molar-refractivity contribution in [2.24, 2.45) is 0 Å². The van der Waals surface area contributed by atoms with E-state index in [0.29, 0.717) is 0 Å². The van der Waals surface area contributed by atoms with Crippen LogP contribution in [-0.2, 0) is 6.54 Å². The number of nitrogens with zero attached hydrogens (tertiary/aromatic N) is 1. The van der Waals surface area contributed by atoms with E-state index in [9.17, 15) is 0 Å². The van der Waals surface area contributed by atoms with E-state index in [2.05, 4.69) is 38.1 Å². The van der Waals surface area contributed by atoms with Crippen molar-refractivity contribution in [3.05, 3.63) is 35.4 Å². The van der Waals surface area contributed by atoms with E-state index in [1.54, 1.807) is 0 Å². The molecule has 1 rings (SSSR count). The Morgan fingerprint density at radius 1 is 1.27 bits per heavy atom. The van der Waals surface area contributed by atoms with Crippen molar-refractivity contribution in [2.75, 3.05) is 7.05 Å². The first-order valence-electron chi connectivity index (χ1n) is 5.47. The maximum atomic E-state index is 7.81. The van der Waals surface area contributed by atoms with Crippen LogP contribution in [0.5, 0.6) is 0 Å². The molecule has 1 aromatic carbocycles. The number of amidine groups is 1. The van der Waals surface area contributed by atoms with Gasteiger partial charge < -0.3 is 4.90 Å². The fraction of sp³-hybridized carbons (Fsp3) is 0.462. The van der Waals surface area contributed by atoms with Gasteiger partial charge in [-0.1, -0.05) is 36.8 Å². The van der Waals surface area contributed by atoms with Gasteiger partial charge in [0.15, 0.2) is 0 Å². The van der Waals surface area contributed by atoms with Crippen LogP contribution >= 0.6 is 0 Å². The van der Waals surface area contributed by atoms with E-state index in [0.717, 1.165) is 25.2 Å². The fourth-order valence-corrected chi connectivity index (χ4v) is 1.49. The Labute approximate surface area is 92.4 Å². The number of benzene rings is 1. The molecule has 0 bridgehead atoms. The van der Waals surface area contributed by atoms with Crippen molar-refractivity contribution in [3.63, 3.8) is 0 Å². The van der Waals surface area contributed by atoms with Crippen LogP contribution in [0.1, 0.15) is 30.9 Å². The molecule has 2 heteroatoms. The molecule has 0 spiro atoms. The zero-order valence-electron chi connectivity index (χ0n) is 9.88. The van der Waals surface area contributed by atoms with Gasteiger partial charge in [0.05, 0.1) is 5.84 Å². The molecule has 0 saturated heterocycles. The van der Waals surface area contributed by atoms with Gasteiger partial charge in [0.1, 0.15) is 0 Å². The van der Waals surface area contributed by atoms with Crippen LogP contribution in [0, 0.1) is 12.3 Å². The molecule has 0 radical (unpaired) electrons. The zero-order valence-corrected chi connectivity index (χ0v) is 9.88. The molecule has 0 aliphatic rings. The van der Waals surface area contributed by atoms with Crippen LogP contribution < -0.4 is 0 Å². The molecule has 0 atom stereocenters. The second kappa shape index (κ2) is 5.54. The molecule has 1 aromatic rings. The smallest absolute Gasteiger partial charge is 0.0957 e. The Morgan fingerprint density at radius 3 is 2.40 bits per heavy atom. The Hall–Kier alpha value is -1.31. The van der Waals surface area contributed by atoms with Gasteiger partial charge in [-0.15, -0.1) is 0 Å². The lowest BCUT2D eigenvalue weighted by Gasteiger charge is -2.19. The van der Waals surface area contributed by atoms with Crippen LogP contribution in [0.2, 0.25) is 0 Å². The molecule has 82 valence electrons. The molecule has 0 heterocycles. The van der Waals surface area contributed by atoms with Gasteiger partial charge in [-0.3, -0.25) is 5.41 Å². The van der Waals surface area contributed by atoms with Gasteiger partial charge in [-0.25, -0.2) is 0 Å². The molecule has 2 nitrogen and oxygen atoms in total. The molecule has 0 saturated carbocycles. The average Bonchev–Trinajstić information content (AvgIpc) is 2.22. The number of nitrogens with one attached hydrogen (secondary N) is 1. The van der Waals surface area contributed by atoms with Crippen LogP contribution in [-0.4, -0.2) is 17.8 Å². The lowest BCUT2D eigenvalue weighted by Crippen LogP contribution is -2.25. The largest absolute Gasteiger partial charge is 0.359 e. The highest BCUT2D eigenvalue weighted by Crippen LogP contribution is 2.07. The van der Waals surface area contributed by atoms with Gasteiger partial charge in [-0.05, 0) is 18.9 Å². The van der Waals surface area contributed by atoms with Gasteiger partial charge >= 0.3 is 0 Å². The van der Waals surface area contributed by atoms with E-state index in [1.165, 1.54) is 11.1 Å². The Morgan fingerprint density at radius 2 is 1.87 bits per heavy atom. The van der Waals surface area contributed by atoms with Crippen LogP contribution in [0.25, 0.3) is 0 Å². The molecule has 15 heavy (non-hydrogen) atoms. The highest BCUT2D eigenvalue weighted by molar-refractivity contribution is 5.78. The van der Waals surface area contributed by atoms with E-state index in [-0.39, 0.29) is 0 Å². The third-order valence-electron chi connectivity index (χ3n) is 2.49. The van der Waals surface area contributed by atoms with Crippen molar-refractivity contribution < 1.29 is 0 Å². The minimum absolute atomic E-state index is 0.720. The average molecular weight is 204 g/mol. The van der Waals surface area contributed by atoms with E-state index in [4.69, 9.17) is 5.41 Å². The zero-order chi connectivity index (χ0) is 11.3. The minimum Gasteiger partial charge on any atom is -0.359 e. The lowest BCUT2D eigenvalue weighted by molar-refractivity contribution is 0.483.